The van der Waals surface area contributed by atoms with E-state index in [9.17, 15) is 9.59 Å². The summed E-state index contributed by atoms with van der Waals surface area (Å²) in [7, 11) is 0. The van der Waals surface area contributed by atoms with Crippen molar-refractivity contribution in [2.75, 3.05) is 18.4 Å². The topological polar surface area (TPSA) is 71.5 Å². The molecule has 0 unspecified atom stereocenters. The number of hydrogen-bond donors (Lipinski definition) is 1. The van der Waals surface area contributed by atoms with E-state index in [4.69, 9.17) is 4.74 Å². The normalized spacial score (nSPS) is 26.0. The number of carbonyl (C=O) groups is 2. The van der Waals surface area contributed by atoms with Crippen molar-refractivity contribution < 1.29 is 14.3 Å². The van der Waals surface area contributed by atoms with Gasteiger partial charge in [0.2, 0.25) is 0 Å². The lowest BCUT2D eigenvalue weighted by Gasteiger charge is -2.44. The summed E-state index contributed by atoms with van der Waals surface area (Å²) in [5.41, 5.74) is 3.39. The summed E-state index contributed by atoms with van der Waals surface area (Å²) in [4.78, 5) is 31.6. The molecule has 4 rings (SSSR count). The molecule has 0 radical (unpaired) electrons. The van der Waals surface area contributed by atoms with E-state index in [0.29, 0.717) is 25.2 Å². The van der Waals surface area contributed by atoms with Gasteiger partial charge in [0.15, 0.2) is 0 Å². The zero-order valence-corrected chi connectivity index (χ0v) is 17.9. The van der Waals surface area contributed by atoms with Gasteiger partial charge in [-0.25, -0.2) is 0 Å². The number of ether oxygens (including phenoxy) is 1. The average molecular weight is 408 g/mol. The van der Waals surface area contributed by atoms with E-state index in [1.807, 2.05) is 36.1 Å². The number of hydrogen-bond acceptors (Lipinski definition) is 4. The molecule has 0 aliphatic carbocycles. The molecule has 2 fully saturated rings. The molecule has 1 aromatic heterocycles. The van der Waals surface area contributed by atoms with Crippen LogP contribution in [0.1, 0.15) is 47.7 Å². The third-order valence-electron chi connectivity index (χ3n) is 6.67. The molecule has 1 aromatic carbocycles. The maximum atomic E-state index is 13.0. The van der Waals surface area contributed by atoms with Crippen LogP contribution in [0.3, 0.4) is 0 Å². The number of rotatable bonds is 3. The monoisotopic (exact) mass is 407 g/mol. The van der Waals surface area contributed by atoms with Crippen molar-refractivity contribution in [3.8, 4) is 0 Å². The van der Waals surface area contributed by atoms with Crippen LogP contribution in [-0.4, -0.2) is 46.5 Å². The van der Waals surface area contributed by atoms with Crippen LogP contribution in [0.4, 0.5) is 5.69 Å². The van der Waals surface area contributed by atoms with Crippen molar-refractivity contribution in [1.29, 1.82) is 0 Å². The zero-order chi connectivity index (χ0) is 21.3. The van der Waals surface area contributed by atoms with Gasteiger partial charge in [-0.2, -0.15) is 0 Å². The number of aromatic nitrogens is 1. The van der Waals surface area contributed by atoms with E-state index >= 15 is 0 Å². The Morgan fingerprint density at radius 3 is 2.73 bits per heavy atom. The number of likely N-dealkylation sites (tertiary alicyclic amines) is 1. The molecule has 2 saturated heterocycles. The third kappa shape index (κ3) is 3.97. The highest BCUT2D eigenvalue weighted by atomic mass is 16.5. The lowest BCUT2D eigenvalue weighted by Crippen LogP contribution is -2.52. The average Bonchev–Trinajstić information content (AvgIpc) is 3.18. The fourth-order valence-electron chi connectivity index (χ4n) is 4.57. The minimum atomic E-state index is -0.463. The molecule has 3 atom stereocenters. The van der Waals surface area contributed by atoms with Crippen LogP contribution in [0.5, 0.6) is 0 Å². The summed E-state index contributed by atoms with van der Waals surface area (Å²) in [5.74, 6) is 0.113. The fraction of sp³-hybridized carbons (Fsp3) is 0.458. The van der Waals surface area contributed by atoms with Crippen LogP contribution in [0.2, 0.25) is 0 Å². The number of carbonyl (C=O) groups excluding carboxylic acids is 2. The second-order valence-electron chi connectivity index (χ2n) is 8.64. The Bertz CT molecular complexity index is 946. The maximum absolute atomic E-state index is 13.0. The van der Waals surface area contributed by atoms with Crippen LogP contribution < -0.4 is 5.32 Å². The number of piperidine rings is 1. The smallest absolute Gasteiger partial charge is 0.253 e. The van der Waals surface area contributed by atoms with Gasteiger partial charge in [0, 0.05) is 30.8 Å². The molecule has 2 aliphatic rings. The molecule has 3 heterocycles. The zero-order valence-electron chi connectivity index (χ0n) is 17.9. The second kappa shape index (κ2) is 8.19. The lowest BCUT2D eigenvalue weighted by atomic mass is 9.80. The van der Waals surface area contributed by atoms with Crippen LogP contribution in [0.25, 0.3) is 0 Å². The summed E-state index contributed by atoms with van der Waals surface area (Å²) < 4.78 is 6.33. The van der Waals surface area contributed by atoms with Crippen molar-refractivity contribution in [2.45, 2.75) is 51.7 Å². The Hall–Kier alpha value is -2.73. The van der Waals surface area contributed by atoms with Gasteiger partial charge in [-0.15, -0.1) is 0 Å². The molecule has 2 aliphatic heterocycles. The van der Waals surface area contributed by atoms with Gasteiger partial charge in [-0.05, 0) is 68.5 Å². The van der Waals surface area contributed by atoms with Gasteiger partial charge < -0.3 is 15.0 Å². The van der Waals surface area contributed by atoms with Crippen molar-refractivity contribution in [1.82, 2.24) is 9.88 Å². The second-order valence-corrected chi connectivity index (χ2v) is 8.64. The van der Waals surface area contributed by atoms with Gasteiger partial charge in [-0.1, -0.05) is 13.0 Å². The van der Waals surface area contributed by atoms with E-state index in [1.165, 1.54) is 5.56 Å². The highest BCUT2D eigenvalue weighted by Crippen LogP contribution is 2.42. The molecule has 1 spiro atoms. The molecule has 1 N–H and O–H groups in total. The number of aryl methyl sites for hydroxylation is 2. The minimum absolute atomic E-state index is 0.0728. The first kappa shape index (κ1) is 20.5. The summed E-state index contributed by atoms with van der Waals surface area (Å²) in [6.45, 7) is 7.49. The summed E-state index contributed by atoms with van der Waals surface area (Å²) >= 11 is 0. The Balaban J connectivity index is 1.38. The molecule has 2 aromatic rings. The summed E-state index contributed by atoms with van der Waals surface area (Å²) in [5, 5.41) is 2.89. The number of benzene rings is 1. The number of amides is 2. The Morgan fingerprint density at radius 2 is 2.03 bits per heavy atom. The molecule has 6 nitrogen and oxygen atoms in total. The Morgan fingerprint density at radius 1 is 1.20 bits per heavy atom. The predicted molar refractivity (Wildman–Crippen MR) is 115 cm³/mol. The predicted octanol–water partition coefficient (Wildman–Crippen LogP) is 3.74. The molecule has 0 saturated carbocycles. The molecule has 0 bridgehead atoms. The largest absolute Gasteiger partial charge is 0.362 e. The first-order valence-electron chi connectivity index (χ1n) is 10.6. The molecular formula is C24H29N3O3. The van der Waals surface area contributed by atoms with E-state index in [1.54, 1.807) is 18.5 Å². The van der Waals surface area contributed by atoms with E-state index < -0.39 is 6.10 Å². The Kier molecular flexibility index (Phi) is 5.60. The van der Waals surface area contributed by atoms with Gasteiger partial charge in [0.1, 0.15) is 6.10 Å². The highest BCUT2D eigenvalue weighted by Gasteiger charge is 2.49. The quantitative estimate of drug-likeness (QED) is 0.841. The number of pyridine rings is 1. The van der Waals surface area contributed by atoms with Crippen molar-refractivity contribution in [2.24, 2.45) is 5.92 Å². The van der Waals surface area contributed by atoms with Crippen LogP contribution in [0, 0.1) is 19.8 Å². The number of nitrogens with one attached hydrogen (secondary N) is 1. The third-order valence-corrected chi connectivity index (χ3v) is 6.67. The van der Waals surface area contributed by atoms with Crippen LogP contribution >= 0.6 is 0 Å². The van der Waals surface area contributed by atoms with E-state index in [2.05, 4.69) is 24.1 Å². The number of nitrogens with zero attached hydrogens (tertiary/aromatic N) is 2. The summed E-state index contributed by atoms with van der Waals surface area (Å²) in [6.07, 6.45) is 5.12. The van der Waals surface area contributed by atoms with Gasteiger partial charge >= 0.3 is 0 Å². The molecule has 158 valence electrons. The van der Waals surface area contributed by atoms with Crippen LogP contribution in [-0.2, 0) is 9.53 Å². The molecular weight excluding hydrogens is 378 g/mol. The fourth-order valence-corrected chi connectivity index (χ4v) is 4.57. The summed E-state index contributed by atoms with van der Waals surface area (Å²) in [6, 6.07) is 9.48. The van der Waals surface area contributed by atoms with Crippen molar-refractivity contribution >= 4 is 17.5 Å². The molecule has 30 heavy (non-hydrogen) atoms. The first-order chi connectivity index (χ1) is 14.4. The Labute approximate surface area is 177 Å². The van der Waals surface area contributed by atoms with Crippen molar-refractivity contribution in [3.63, 3.8) is 0 Å². The van der Waals surface area contributed by atoms with Gasteiger partial charge in [0.25, 0.3) is 11.8 Å². The van der Waals surface area contributed by atoms with Crippen molar-refractivity contribution in [3.05, 3.63) is 59.4 Å². The van der Waals surface area contributed by atoms with E-state index in [-0.39, 0.29) is 23.3 Å². The first-order valence-corrected chi connectivity index (χ1v) is 10.6. The minimum Gasteiger partial charge on any atom is -0.362 e. The lowest BCUT2D eigenvalue weighted by molar-refractivity contribution is -0.141. The standard InChI is InChI=1S/C24H29N3O3/c1-16-6-7-19(13-17(16)2)23(29)27-12-10-24(18(3)15-27)9-8-21(30-24)22(28)26-20-5-4-11-25-14-20/h4-7,11,13-14,18,21H,8-10,12,15H2,1-3H3,(H,26,28)/t18-,21-,24+/m0/s1. The van der Waals surface area contributed by atoms with Gasteiger partial charge in [-0.3, -0.25) is 14.6 Å². The molecule has 2 amide bonds. The molecule has 6 heteroatoms. The highest BCUT2D eigenvalue weighted by molar-refractivity contribution is 5.95. The van der Waals surface area contributed by atoms with E-state index in [0.717, 1.165) is 24.0 Å². The van der Waals surface area contributed by atoms with Crippen LogP contribution in [0.15, 0.2) is 42.7 Å². The number of anilines is 1. The van der Waals surface area contributed by atoms with Gasteiger partial charge in [0.05, 0.1) is 17.5 Å². The maximum Gasteiger partial charge on any atom is 0.253 e. The SMILES string of the molecule is Cc1ccc(C(=O)N2CC[C@]3(CC[C@@H](C(=O)Nc4cccnc4)O3)[C@@H](C)C2)cc1C.